The third-order valence-electron chi connectivity index (χ3n) is 2.11. The summed E-state index contributed by atoms with van der Waals surface area (Å²) in [4.78, 5) is 22.1. The van der Waals surface area contributed by atoms with Crippen molar-refractivity contribution in [1.29, 1.82) is 0 Å². The molecular formula is C10H16N2O2. The molecule has 4 nitrogen and oxygen atoms in total. The smallest absolute Gasteiger partial charge is 0.268 e. The molecule has 14 heavy (non-hydrogen) atoms. The molecule has 0 saturated carbocycles. The van der Waals surface area contributed by atoms with Gasteiger partial charge in [-0.1, -0.05) is 26.2 Å². The van der Waals surface area contributed by atoms with Crippen molar-refractivity contribution in [2.75, 3.05) is 6.54 Å². The maximum atomic E-state index is 11.1. The number of carbonyl (C=O) groups excluding carboxylic acids is 2. The standard InChI is InChI=1S/C10H16N2O2/c1-2-3-4-5-8-11-12-9(13)6-7-10(12)14/h6-7,11H,2-5,8H2,1H3. The Hall–Kier alpha value is -1.16. The minimum Gasteiger partial charge on any atom is -0.268 e. The highest BCUT2D eigenvalue weighted by molar-refractivity contribution is 6.12. The first-order chi connectivity index (χ1) is 6.75. The monoisotopic (exact) mass is 196 g/mol. The molecule has 1 aliphatic rings. The summed E-state index contributed by atoms with van der Waals surface area (Å²) in [6, 6.07) is 0. The van der Waals surface area contributed by atoms with E-state index < -0.39 is 0 Å². The van der Waals surface area contributed by atoms with Crippen LogP contribution in [0.5, 0.6) is 0 Å². The van der Waals surface area contributed by atoms with Crippen molar-refractivity contribution in [1.82, 2.24) is 10.4 Å². The van der Waals surface area contributed by atoms with Crippen LogP contribution in [0.4, 0.5) is 0 Å². The van der Waals surface area contributed by atoms with Gasteiger partial charge in [-0.3, -0.25) is 9.59 Å². The highest BCUT2D eigenvalue weighted by Gasteiger charge is 2.22. The summed E-state index contributed by atoms with van der Waals surface area (Å²) in [5.74, 6) is -0.545. The average molecular weight is 196 g/mol. The summed E-state index contributed by atoms with van der Waals surface area (Å²) in [6.07, 6.45) is 7.06. The highest BCUT2D eigenvalue weighted by atomic mass is 16.2. The van der Waals surface area contributed by atoms with Gasteiger partial charge in [0.2, 0.25) is 0 Å². The lowest BCUT2D eigenvalue weighted by Crippen LogP contribution is -2.42. The van der Waals surface area contributed by atoms with Gasteiger partial charge >= 0.3 is 0 Å². The summed E-state index contributed by atoms with van der Waals surface area (Å²) in [5, 5.41) is 1.06. The maximum Gasteiger partial charge on any atom is 0.268 e. The van der Waals surface area contributed by atoms with Gasteiger partial charge in [-0.05, 0) is 6.42 Å². The lowest BCUT2D eigenvalue weighted by Gasteiger charge is -2.14. The normalized spacial score (nSPS) is 15.6. The zero-order chi connectivity index (χ0) is 10.4. The fraction of sp³-hybridized carbons (Fsp3) is 0.600. The predicted octanol–water partition coefficient (Wildman–Crippen LogP) is 0.996. The molecule has 0 aromatic rings. The van der Waals surface area contributed by atoms with E-state index >= 15 is 0 Å². The lowest BCUT2D eigenvalue weighted by atomic mass is 10.2. The van der Waals surface area contributed by atoms with Crippen LogP contribution in [0.25, 0.3) is 0 Å². The van der Waals surface area contributed by atoms with E-state index in [1.807, 2.05) is 0 Å². The predicted molar refractivity (Wildman–Crippen MR) is 53.1 cm³/mol. The molecule has 0 saturated heterocycles. The number of nitrogens with one attached hydrogen (secondary N) is 1. The molecule has 1 N–H and O–H groups in total. The summed E-state index contributed by atoms with van der Waals surface area (Å²) in [7, 11) is 0. The van der Waals surface area contributed by atoms with Crippen molar-refractivity contribution < 1.29 is 9.59 Å². The summed E-state index contributed by atoms with van der Waals surface area (Å²) in [5.41, 5.74) is 2.81. The fourth-order valence-electron chi connectivity index (χ4n) is 1.30. The Morgan fingerprint density at radius 1 is 1.14 bits per heavy atom. The number of imide groups is 1. The van der Waals surface area contributed by atoms with Crippen LogP contribution in [0.2, 0.25) is 0 Å². The zero-order valence-electron chi connectivity index (χ0n) is 8.45. The maximum absolute atomic E-state index is 11.1. The number of unbranched alkanes of at least 4 members (excludes halogenated alkanes) is 3. The Labute approximate surface area is 83.9 Å². The van der Waals surface area contributed by atoms with Gasteiger partial charge in [0.1, 0.15) is 0 Å². The van der Waals surface area contributed by atoms with E-state index in [0.29, 0.717) is 6.54 Å². The molecule has 1 aliphatic heterocycles. The number of hydrogen-bond acceptors (Lipinski definition) is 3. The second-order valence-electron chi connectivity index (χ2n) is 3.31. The van der Waals surface area contributed by atoms with Crippen molar-refractivity contribution in [2.45, 2.75) is 32.6 Å². The van der Waals surface area contributed by atoms with Crippen LogP contribution >= 0.6 is 0 Å². The summed E-state index contributed by atoms with van der Waals surface area (Å²) in [6.45, 7) is 2.82. The molecule has 4 heteroatoms. The van der Waals surface area contributed by atoms with Gasteiger partial charge in [-0.15, -0.1) is 0 Å². The van der Waals surface area contributed by atoms with Crippen LogP contribution in [-0.4, -0.2) is 23.4 Å². The fourth-order valence-corrected chi connectivity index (χ4v) is 1.30. The Bertz CT molecular complexity index is 231. The van der Waals surface area contributed by atoms with Crippen molar-refractivity contribution in [3.63, 3.8) is 0 Å². The Kier molecular flexibility index (Phi) is 4.32. The van der Waals surface area contributed by atoms with Crippen LogP contribution in [-0.2, 0) is 9.59 Å². The molecule has 0 atom stereocenters. The first-order valence-corrected chi connectivity index (χ1v) is 5.05. The molecule has 1 rings (SSSR count). The molecule has 2 amide bonds. The van der Waals surface area contributed by atoms with E-state index in [1.165, 1.54) is 25.0 Å². The van der Waals surface area contributed by atoms with Gasteiger partial charge in [-0.25, -0.2) is 10.4 Å². The van der Waals surface area contributed by atoms with E-state index in [4.69, 9.17) is 0 Å². The van der Waals surface area contributed by atoms with E-state index in [9.17, 15) is 9.59 Å². The third-order valence-corrected chi connectivity index (χ3v) is 2.11. The number of amides is 2. The molecule has 0 bridgehead atoms. The quantitative estimate of drug-likeness (QED) is 0.509. The molecule has 78 valence electrons. The second kappa shape index (κ2) is 5.54. The topological polar surface area (TPSA) is 49.4 Å². The zero-order valence-corrected chi connectivity index (χ0v) is 8.45. The average Bonchev–Trinajstić information content (AvgIpc) is 2.48. The van der Waals surface area contributed by atoms with Gasteiger partial charge in [0, 0.05) is 18.7 Å². The third kappa shape index (κ3) is 2.96. The summed E-state index contributed by atoms with van der Waals surface area (Å²) < 4.78 is 0. The number of nitrogens with zero attached hydrogens (tertiary/aromatic N) is 1. The molecule has 0 spiro atoms. The van der Waals surface area contributed by atoms with Gasteiger partial charge < -0.3 is 0 Å². The van der Waals surface area contributed by atoms with Gasteiger partial charge in [0.15, 0.2) is 0 Å². The van der Waals surface area contributed by atoms with Crippen molar-refractivity contribution >= 4 is 11.8 Å². The van der Waals surface area contributed by atoms with Crippen molar-refractivity contribution in [3.05, 3.63) is 12.2 Å². The van der Waals surface area contributed by atoms with E-state index in [0.717, 1.165) is 17.9 Å². The number of hydrazine groups is 1. The number of hydrogen-bond donors (Lipinski definition) is 1. The van der Waals surface area contributed by atoms with Crippen molar-refractivity contribution in [3.8, 4) is 0 Å². The molecular weight excluding hydrogens is 180 g/mol. The molecule has 0 unspecified atom stereocenters. The Morgan fingerprint density at radius 3 is 2.36 bits per heavy atom. The molecule has 0 radical (unpaired) electrons. The van der Waals surface area contributed by atoms with E-state index in [2.05, 4.69) is 12.3 Å². The summed E-state index contributed by atoms with van der Waals surface area (Å²) >= 11 is 0. The van der Waals surface area contributed by atoms with E-state index in [-0.39, 0.29) is 11.8 Å². The van der Waals surface area contributed by atoms with Crippen LogP contribution in [0, 0.1) is 0 Å². The number of rotatable bonds is 6. The Morgan fingerprint density at radius 2 is 1.79 bits per heavy atom. The second-order valence-corrected chi connectivity index (χ2v) is 3.31. The molecule has 0 fully saturated rings. The number of carbonyl (C=O) groups is 2. The minimum atomic E-state index is -0.273. The lowest BCUT2D eigenvalue weighted by molar-refractivity contribution is -0.140. The van der Waals surface area contributed by atoms with Gasteiger partial charge in [0.25, 0.3) is 11.8 Å². The van der Waals surface area contributed by atoms with E-state index in [1.54, 1.807) is 0 Å². The van der Waals surface area contributed by atoms with Crippen LogP contribution in [0.3, 0.4) is 0 Å². The van der Waals surface area contributed by atoms with Crippen LogP contribution in [0.1, 0.15) is 32.6 Å². The molecule has 0 aliphatic carbocycles. The first kappa shape index (κ1) is 10.9. The van der Waals surface area contributed by atoms with Gasteiger partial charge in [0.05, 0.1) is 0 Å². The highest BCUT2D eigenvalue weighted by Crippen LogP contribution is 2.01. The molecule has 1 heterocycles. The molecule has 0 aromatic heterocycles. The van der Waals surface area contributed by atoms with Gasteiger partial charge in [-0.2, -0.15) is 0 Å². The van der Waals surface area contributed by atoms with Crippen LogP contribution in [0.15, 0.2) is 12.2 Å². The first-order valence-electron chi connectivity index (χ1n) is 5.05. The largest absolute Gasteiger partial charge is 0.268 e. The molecule has 0 aromatic carbocycles. The van der Waals surface area contributed by atoms with Crippen LogP contribution < -0.4 is 5.43 Å². The minimum absolute atomic E-state index is 0.273. The SMILES string of the molecule is CCCCCCNN1C(=O)C=CC1=O. The Balaban J connectivity index is 2.13. The van der Waals surface area contributed by atoms with Crippen molar-refractivity contribution in [2.24, 2.45) is 0 Å².